The van der Waals surface area contributed by atoms with Gasteiger partial charge in [0, 0.05) is 19.5 Å². The molecule has 1 aliphatic rings. The van der Waals surface area contributed by atoms with Gasteiger partial charge in [0.05, 0.1) is 18.0 Å². The first kappa shape index (κ1) is 22.3. The van der Waals surface area contributed by atoms with Crippen molar-refractivity contribution < 1.29 is 17.9 Å². The van der Waals surface area contributed by atoms with Crippen LogP contribution in [0.3, 0.4) is 0 Å². The quantitative estimate of drug-likeness (QED) is 0.689. The standard InChI is InChI=1S/C23H30N2O4S/c1-25(30(27,28)21-11-7-4-8-12-21)22(18-13-15-20(29-2)16-14-18)17-23(26)24-19-9-5-3-6-10-19/h4,7-8,11-16,19,22H,3,5-6,9-10,17H2,1-2H3,(H,24,26)/t22-/m0/s1. The van der Waals surface area contributed by atoms with Crippen molar-refractivity contribution in [3.05, 3.63) is 60.2 Å². The Kier molecular flexibility index (Phi) is 7.50. The number of hydrogen-bond donors (Lipinski definition) is 1. The maximum atomic E-state index is 13.2. The SMILES string of the molecule is COc1ccc([C@H](CC(=O)NC2CCCCC2)N(C)S(=O)(=O)c2ccccc2)cc1. The summed E-state index contributed by atoms with van der Waals surface area (Å²) in [5.74, 6) is 0.551. The molecule has 30 heavy (non-hydrogen) atoms. The second-order valence-corrected chi connectivity index (χ2v) is 9.73. The van der Waals surface area contributed by atoms with E-state index in [1.807, 2.05) is 12.1 Å². The van der Waals surface area contributed by atoms with Crippen LogP contribution in [0.15, 0.2) is 59.5 Å². The Balaban J connectivity index is 1.85. The van der Waals surface area contributed by atoms with E-state index in [4.69, 9.17) is 4.74 Å². The first-order chi connectivity index (χ1) is 14.4. The fraction of sp³-hybridized carbons (Fsp3) is 0.435. The summed E-state index contributed by atoms with van der Waals surface area (Å²) in [5.41, 5.74) is 0.747. The molecule has 162 valence electrons. The summed E-state index contributed by atoms with van der Waals surface area (Å²) < 4.78 is 32.9. The zero-order chi connectivity index (χ0) is 21.6. The maximum Gasteiger partial charge on any atom is 0.243 e. The fourth-order valence-electron chi connectivity index (χ4n) is 3.92. The summed E-state index contributed by atoms with van der Waals surface area (Å²) in [7, 11) is -0.646. The number of sulfonamides is 1. The van der Waals surface area contributed by atoms with E-state index in [1.165, 1.54) is 17.8 Å². The van der Waals surface area contributed by atoms with Crippen LogP contribution in [0.5, 0.6) is 5.75 Å². The summed E-state index contributed by atoms with van der Waals surface area (Å²) in [6, 6.07) is 15.0. The highest BCUT2D eigenvalue weighted by Gasteiger charge is 2.31. The third-order valence-corrected chi connectivity index (χ3v) is 7.59. The van der Waals surface area contributed by atoms with Gasteiger partial charge in [-0.05, 0) is 42.7 Å². The van der Waals surface area contributed by atoms with Gasteiger partial charge in [-0.15, -0.1) is 0 Å². The number of carbonyl (C=O) groups excluding carboxylic acids is 1. The van der Waals surface area contributed by atoms with Gasteiger partial charge >= 0.3 is 0 Å². The molecule has 0 aromatic heterocycles. The third-order valence-electron chi connectivity index (χ3n) is 5.71. The van der Waals surface area contributed by atoms with Gasteiger partial charge in [0.15, 0.2) is 0 Å². The van der Waals surface area contributed by atoms with E-state index in [0.29, 0.717) is 5.75 Å². The molecule has 0 aliphatic heterocycles. The number of amides is 1. The van der Waals surface area contributed by atoms with Crippen LogP contribution in [0.2, 0.25) is 0 Å². The number of carbonyl (C=O) groups is 1. The van der Waals surface area contributed by atoms with Gasteiger partial charge in [-0.25, -0.2) is 8.42 Å². The van der Waals surface area contributed by atoms with E-state index in [2.05, 4.69) is 5.32 Å². The van der Waals surface area contributed by atoms with Crippen LogP contribution < -0.4 is 10.1 Å². The van der Waals surface area contributed by atoms with Crippen LogP contribution in [-0.4, -0.2) is 38.8 Å². The van der Waals surface area contributed by atoms with Crippen molar-refractivity contribution in [2.24, 2.45) is 0 Å². The molecule has 6 nitrogen and oxygen atoms in total. The molecule has 7 heteroatoms. The number of benzene rings is 2. The van der Waals surface area contributed by atoms with Crippen LogP contribution in [0, 0.1) is 0 Å². The van der Waals surface area contributed by atoms with Crippen molar-refractivity contribution in [2.75, 3.05) is 14.2 Å². The highest BCUT2D eigenvalue weighted by Crippen LogP contribution is 2.30. The molecule has 0 saturated heterocycles. The van der Waals surface area contributed by atoms with Crippen molar-refractivity contribution in [2.45, 2.75) is 55.5 Å². The van der Waals surface area contributed by atoms with Gasteiger partial charge in [0.1, 0.15) is 5.75 Å². The molecule has 2 aromatic carbocycles. The van der Waals surface area contributed by atoms with Crippen LogP contribution in [0.25, 0.3) is 0 Å². The minimum Gasteiger partial charge on any atom is -0.497 e. The van der Waals surface area contributed by atoms with Crippen molar-refractivity contribution >= 4 is 15.9 Å². The summed E-state index contributed by atoms with van der Waals surface area (Å²) >= 11 is 0. The number of methoxy groups -OCH3 is 1. The van der Waals surface area contributed by atoms with Crippen molar-refractivity contribution in [1.29, 1.82) is 0 Å². The normalized spacial score (nSPS) is 16.2. The lowest BCUT2D eigenvalue weighted by Gasteiger charge is -2.29. The second-order valence-electron chi connectivity index (χ2n) is 7.73. The average molecular weight is 431 g/mol. The fourth-order valence-corrected chi connectivity index (χ4v) is 5.28. The van der Waals surface area contributed by atoms with Crippen molar-refractivity contribution in [1.82, 2.24) is 9.62 Å². The minimum absolute atomic E-state index is 0.0609. The molecular formula is C23H30N2O4S. The lowest BCUT2D eigenvalue weighted by atomic mass is 9.95. The van der Waals surface area contributed by atoms with Crippen LogP contribution >= 0.6 is 0 Å². The molecule has 1 fully saturated rings. The molecule has 1 saturated carbocycles. The molecule has 0 unspecified atom stereocenters. The monoisotopic (exact) mass is 430 g/mol. The zero-order valence-electron chi connectivity index (χ0n) is 17.6. The van der Waals surface area contributed by atoms with Crippen LogP contribution in [-0.2, 0) is 14.8 Å². The van der Waals surface area contributed by atoms with E-state index in [9.17, 15) is 13.2 Å². The molecule has 0 bridgehead atoms. The van der Waals surface area contributed by atoms with Gasteiger partial charge in [-0.1, -0.05) is 49.6 Å². The Morgan fingerprint density at radius 3 is 2.30 bits per heavy atom. The van der Waals surface area contributed by atoms with Crippen molar-refractivity contribution in [3.8, 4) is 5.75 Å². The highest BCUT2D eigenvalue weighted by atomic mass is 32.2. The molecule has 1 aliphatic carbocycles. The Labute approximate surface area is 179 Å². The number of nitrogens with one attached hydrogen (secondary N) is 1. The van der Waals surface area contributed by atoms with Gasteiger partial charge in [0.2, 0.25) is 15.9 Å². The third kappa shape index (κ3) is 5.40. The van der Waals surface area contributed by atoms with E-state index < -0.39 is 16.1 Å². The molecular weight excluding hydrogens is 400 g/mol. The predicted octanol–water partition coefficient (Wildman–Crippen LogP) is 3.90. The molecule has 0 spiro atoms. The van der Waals surface area contributed by atoms with E-state index in [-0.39, 0.29) is 23.3 Å². The first-order valence-electron chi connectivity index (χ1n) is 10.4. The zero-order valence-corrected chi connectivity index (χ0v) is 18.4. The smallest absolute Gasteiger partial charge is 0.243 e. The summed E-state index contributed by atoms with van der Waals surface area (Å²) in [5, 5.41) is 3.10. The number of ether oxygens (including phenoxy) is 1. The average Bonchev–Trinajstić information content (AvgIpc) is 2.78. The predicted molar refractivity (Wildman–Crippen MR) is 117 cm³/mol. The Morgan fingerprint density at radius 2 is 1.70 bits per heavy atom. The molecule has 1 N–H and O–H groups in total. The second kappa shape index (κ2) is 10.1. The topological polar surface area (TPSA) is 75.7 Å². The molecule has 0 heterocycles. The lowest BCUT2D eigenvalue weighted by Crippen LogP contribution is -2.40. The summed E-state index contributed by atoms with van der Waals surface area (Å²) in [6.45, 7) is 0. The minimum atomic E-state index is -3.76. The van der Waals surface area contributed by atoms with E-state index in [0.717, 1.165) is 31.2 Å². The number of hydrogen-bond acceptors (Lipinski definition) is 4. The highest BCUT2D eigenvalue weighted by molar-refractivity contribution is 7.89. The Hall–Kier alpha value is -2.38. The lowest BCUT2D eigenvalue weighted by molar-refractivity contribution is -0.122. The number of nitrogens with zero attached hydrogens (tertiary/aromatic N) is 1. The summed E-state index contributed by atoms with van der Waals surface area (Å²) in [4.78, 5) is 13.0. The summed E-state index contributed by atoms with van der Waals surface area (Å²) in [6.07, 6.45) is 5.47. The van der Waals surface area contributed by atoms with Gasteiger partial charge in [0.25, 0.3) is 0 Å². The van der Waals surface area contributed by atoms with E-state index in [1.54, 1.807) is 49.6 Å². The Bertz CT molecular complexity index is 923. The maximum absolute atomic E-state index is 13.2. The van der Waals surface area contributed by atoms with E-state index >= 15 is 0 Å². The molecule has 1 atom stereocenters. The molecule has 3 rings (SSSR count). The molecule has 2 aromatic rings. The van der Waals surface area contributed by atoms with Gasteiger partial charge in [-0.2, -0.15) is 4.31 Å². The van der Waals surface area contributed by atoms with Gasteiger partial charge < -0.3 is 10.1 Å². The Morgan fingerprint density at radius 1 is 1.07 bits per heavy atom. The van der Waals surface area contributed by atoms with Crippen molar-refractivity contribution in [3.63, 3.8) is 0 Å². The van der Waals surface area contributed by atoms with Crippen LogP contribution in [0.1, 0.15) is 50.1 Å². The van der Waals surface area contributed by atoms with Gasteiger partial charge in [-0.3, -0.25) is 4.79 Å². The first-order valence-corrected chi connectivity index (χ1v) is 11.8. The van der Waals surface area contributed by atoms with Crippen LogP contribution in [0.4, 0.5) is 0 Å². The molecule has 1 amide bonds. The molecule has 0 radical (unpaired) electrons. The number of rotatable bonds is 8. The largest absolute Gasteiger partial charge is 0.497 e.